The molecule has 9 aromatic carbocycles. The molecule has 0 aliphatic carbocycles. The van der Waals surface area contributed by atoms with Gasteiger partial charge in [0.2, 0.25) is 0 Å². The van der Waals surface area contributed by atoms with Gasteiger partial charge in [0.15, 0.2) is 0 Å². The van der Waals surface area contributed by atoms with Gasteiger partial charge in [0, 0.05) is 10.8 Å². The molecule has 0 unspecified atom stereocenters. The number of fused-ring (bicyclic) bond motifs is 7. The summed E-state index contributed by atoms with van der Waals surface area (Å²) < 4.78 is 6.38. The minimum Gasteiger partial charge on any atom is -0.456 e. The van der Waals surface area contributed by atoms with Gasteiger partial charge in [-0.3, -0.25) is 0 Å². The second-order valence-corrected chi connectivity index (χ2v) is 12.5. The molecule has 10 rings (SSSR count). The van der Waals surface area contributed by atoms with Crippen molar-refractivity contribution in [2.24, 2.45) is 0 Å². The van der Waals surface area contributed by atoms with Crippen LogP contribution in [0.25, 0.3) is 98.4 Å². The molecule has 218 valence electrons. The van der Waals surface area contributed by atoms with Gasteiger partial charge in [0.25, 0.3) is 0 Å². The molecule has 1 aromatic heterocycles. The molecule has 47 heavy (non-hydrogen) atoms. The summed E-state index contributed by atoms with van der Waals surface area (Å²) in [6, 6.07) is 61.6. The maximum atomic E-state index is 6.38. The van der Waals surface area contributed by atoms with E-state index < -0.39 is 0 Å². The molecule has 1 heteroatoms. The van der Waals surface area contributed by atoms with Crippen LogP contribution in [0.5, 0.6) is 0 Å². The summed E-state index contributed by atoms with van der Waals surface area (Å²) in [7, 11) is 0. The fraction of sp³-hybridized carbons (Fsp3) is 0. The minimum atomic E-state index is 0.915. The Morgan fingerprint density at radius 3 is 1.47 bits per heavy atom. The Morgan fingerprint density at radius 1 is 0.298 bits per heavy atom. The molecule has 0 amide bonds. The van der Waals surface area contributed by atoms with Crippen molar-refractivity contribution in [3.05, 3.63) is 170 Å². The average Bonchev–Trinajstić information content (AvgIpc) is 3.50. The van der Waals surface area contributed by atoms with Crippen LogP contribution < -0.4 is 0 Å². The Kier molecular flexibility index (Phi) is 5.64. The quantitative estimate of drug-likeness (QED) is 0.185. The summed E-state index contributed by atoms with van der Waals surface area (Å²) in [6.45, 7) is 0. The van der Waals surface area contributed by atoms with Crippen LogP contribution in [0.4, 0.5) is 0 Å². The first kappa shape index (κ1) is 26.1. The van der Waals surface area contributed by atoms with Crippen LogP contribution in [0.3, 0.4) is 0 Å². The SMILES string of the molecule is c1ccc2cc(-c3c4ccccc4c(-c4ccc(-c5cccc6oc7cc8ccccc8cc7c56)cc4)c4ccccc34)ccc2c1. The van der Waals surface area contributed by atoms with Crippen LogP contribution >= 0.6 is 0 Å². The topological polar surface area (TPSA) is 13.1 Å². The van der Waals surface area contributed by atoms with Crippen molar-refractivity contribution in [1.82, 2.24) is 0 Å². The monoisotopic (exact) mass is 596 g/mol. The molecule has 0 spiro atoms. The fourth-order valence-corrected chi connectivity index (χ4v) is 7.66. The Hall–Kier alpha value is -6.18. The van der Waals surface area contributed by atoms with E-state index in [1.165, 1.54) is 76.5 Å². The van der Waals surface area contributed by atoms with Gasteiger partial charge >= 0.3 is 0 Å². The highest BCUT2D eigenvalue weighted by molar-refractivity contribution is 6.22. The van der Waals surface area contributed by atoms with E-state index in [-0.39, 0.29) is 0 Å². The van der Waals surface area contributed by atoms with E-state index in [4.69, 9.17) is 4.42 Å². The largest absolute Gasteiger partial charge is 0.456 e. The highest BCUT2D eigenvalue weighted by atomic mass is 16.3. The lowest BCUT2D eigenvalue weighted by Gasteiger charge is -2.18. The number of benzene rings is 9. The predicted octanol–water partition coefficient (Wildman–Crippen LogP) is 13.2. The first-order chi connectivity index (χ1) is 23.3. The zero-order chi connectivity index (χ0) is 30.9. The van der Waals surface area contributed by atoms with E-state index in [2.05, 4.69) is 170 Å². The molecule has 1 nitrogen and oxygen atoms in total. The Bertz CT molecular complexity index is 2780. The van der Waals surface area contributed by atoms with Crippen molar-refractivity contribution < 1.29 is 4.42 Å². The molecule has 0 radical (unpaired) electrons. The molecule has 10 aromatic rings. The number of rotatable bonds is 3. The van der Waals surface area contributed by atoms with Crippen LogP contribution in [0, 0.1) is 0 Å². The molecule has 0 aliphatic rings. The molecular formula is C46H28O. The zero-order valence-corrected chi connectivity index (χ0v) is 25.6. The van der Waals surface area contributed by atoms with Gasteiger partial charge < -0.3 is 4.42 Å². The van der Waals surface area contributed by atoms with E-state index in [0.717, 1.165) is 21.9 Å². The van der Waals surface area contributed by atoms with E-state index in [1.807, 2.05) is 0 Å². The highest BCUT2D eigenvalue weighted by Gasteiger charge is 2.18. The van der Waals surface area contributed by atoms with Crippen molar-refractivity contribution in [2.75, 3.05) is 0 Å². The van der Waals surface area contributed by atoms with Gasteiger partial charge in [0.05, 0.1) is 0 Å². The first-order valence-electron chi connectivity index (χ1n) is 16.2. The van der Waals surface area contributed by atoms with E-state index in [0.29, 0.717) is 0 Å². The van der Waals surface area contributed by atoms with Crippen LogP contribution in [0.1, 0.15) is 0 Å². The van der Waals surface area contributed by atoms with Crippen LogP contribution in [-0.4, -0.2) is 0 Å². The zero-order valence-electron chi connectivity index (χ0n) is 25.6. The first-order valence-corrected chi connectivity index (χ1v) is 16.2. The minimum absolute atomic E-state index is 0.915. The van der Waals surface area contributed by atoms with Gasteiger partial charge in [-0.15, -0.1) is 0 Å². The van der Waals surface area contributed by atoms with Gasteiger partial charge in [-0.25, -0.2) is 0 Å². The van der Waals surface area contributed by atoms with Crippen LogP contribution in [0.2, 0.25) is 0 Å². The van der Waals surface area contributed by atoms with Crippen LogP contribution in [-0.2, 0) is 0 Å². The molecule has 1 heterocycles. The average molecular weight is 597 g/mol. The Labute approximate surface area is 271 Å². The van der Waals surface area contributed by atoms with Gasteiger partial charge in [0.1, 0.15) is 11.2 Å². The third-order valence-electron chi connectivity index (χ3n) is 9.82. The van der Waals surface area contributed by atoms with Gasteiger partial charge in [-0.05, 0) is 101 Å². The number of furan rings is 1. The van der Waals surface area contributed by atoms with Crippen molar-refractivity contribution >= 4 is 65.0 Å². The summed E-state index contributed by atoms with van der Waals surface area (Å²) in [5.74, 6) is 0. The summed E-state index contributed by atoms with van der Waals surface area (Å²) in [4.78, 5) is 0. The molecule has 0 N–H and O–H groups in total. The molecule has 0 atom stereocenters. The maximum absolute atomic E-state index is 6.38. The standard InChI is InChI=1S/C46H28O/c1-2-11-32-26-35(25-20-29(32)10-1)45-39-16-7-5-14-37(39)44(38-15-6-8-17-40(38)45)31-23-21-30(22-24-31)36-18-9-19-42-46(36)41-27-33-12-3-4-13-34(33)28-43(41)47-42/h1-28H. The van der Waals surface area contributed by atoms with E-state index in [1.54, 1.807) is 0 Å². The highest BCUT2D eigenvalue weighted by Crippen LogP contribution is 2.45. The summed E-state index contributed by atoms with van der Waals surface area (Å²) in [6.07, 6.45) is 0. The van der Waals surface area contributed by atoms with Crippen LogP contribution in [0.15, 0.2) is 174 Å². The smallest absolute Gasteiger partial charge is 0.136 e. The second kappa shape index (κ2) is 10.2. The molecule has 0 saturated heterocycles. The molecule has 0 saturated carbocycles. The van der Waals surface area contributed by atoms with Crippen molar-refractivity contribution in [2.45, 2.75) is 0 Å². The third-order valence-corrected chi connectivity index (χ3v) is 9.82. The number of hydrogen-bond acceptors (Lipinski definition) is 1. The molecule has 0 aliphatic heterocycles. The summed E-state index contributed by atoms with van der Waals surface area (Å²) >= 11 is 0. The fourth-order valence-electron chi connectivity index (χ4n) is 7.66. The van der Waals surface area contributed by atoms with Gasteiger partial charge in [-0.2, -0.15) is 0 Å². The van der Waals surface area contributed by atoms with Gasteiger partial charge in [-0.1, -0.05) is 146 Å². The van der Waals surface area contributed by atoms with E-state index >= 15 is 0 Å². The normalized spacial score (nSPS) is 11.8. The Balaban J connectivity index is 1.17. The second-order valence-electron chi connectivity index (χ2n) is 12.5. The maximum Gasteiger partial charge on any atom is 0.136 e. The molecule has 0 bridgehead atoms. The lowest BCUT2D eigenvalue weighted by Crippen LogP contribution is -1.91. The lowest BCUT2D eigenvalue weighted by molar-refractivity contribution is 0.669. The van der Waals surface area contributed by atoms with Crippen molar-refractivity contribution in [3.8, 4) is 33.4 Å². The van der Waals surface area contributed by atoms with Crippen molar-refractivity contribution in [3.63, 3.8) is 0 Å². The summed E-state index contributed by atoms with van der Waals surface area (Å²) in [5, 5.41) is 12.3. The van der Waals surface area contributed by atoms with E-state index in [9.17, 15) is 0 Å². The molecule has 0 fully saturated rings. The lowest BCUT2D eigenvalue weighted by atomic mass is 9.85. The summed E-state index contributed by atoms with van der Waals surface area (Å²) in [5.41, 5.74) is 9.21. The third kappa shape index (κ3) is 4.03. The predicted molar refractivity (Wildman–Crippen MR) is 200 cm³/mol. The molecular weight excluding hydrogens is 569 g/mol. The Morgan fingerprint density at radius 2 is 0.809 bits per heavy atom. The number of hydrogen-bond donors (Lipinski definition) is 0. The van der Waals surface area contributed by atoms with Crippen molar-refractivity contribution in [1.29, 1.82) is 0 Å².